The molecular weight excluding hydrogens is 361 g/mol. The third-order valence-electron chi connectivity index (χ3n) is 3.40. The van der Waals surface area contributed by atoms with Crippen LogP contribution in [0.1, 0.15) is 10.4 Å². The highest BCUT2D eigenvalue weighted by Gasteiger charge is 2.31. The average molecular weight is 373 g/mol. The van der Waals surface area contributed by atoms with Crippen molar-refractivity contribution in [3.63, 3.8) is 0 Å². The molecule has 1 aliphatic heterocycles. The Hall–Kier alpha value is -1.40. The van der Waals surface area contributed by atoms with Crippen LogP contribution in [-0.4, -0.2) is 33.7 Å². The van der Waals surface area contributed by atoms with Crippen molar-refractivity contribution in [1.82, 2.24) is 14.7 Å². The number of carbonyl (C=O) groups excluding carboxylic acids is 1. The van der Waals surface area contributed by atoms with Crippen LogP contribution in [0.25, 0.3) is 0 Å². The maximum atomic E-state index is 13.3. The number of nitrogens with zero attached hydrogens (tertiary/aromatic N) is 3. The summed E-state index contributed by atoms with van der Waals surface area (Å²) >= 11 is 9.12. The molecule has 2 heterocycles. The topological polar surface area (TPSA) is 38.1 Å². The van der Waals surface area contributed by atoms with E-state index in [2.05, 4.69) is 21.0 Å². The summed E-state index contributed by atoms with van der Waals surface area (Å²) < 4.78 is 16.0. The molecule has 1 fully saturated rings. The minimum absolute atomic E-state index is 0.186. The van der Waals surface area contributed by atoms with Gasteiger partial charge in [-0.25, -0.2) is 4.39 Å². The van der Waals surface area contributed by atoms with Crippen molar-refractivity contribution < 1.29 is 9.18 Å². The van der Waals surface area contributed by atoms with E-state index < -0.39 is 5.82 Å². The molecule has 0 aliphatic carbocycles. The Kier molecular flexibility index (Phi) is 3.99. The summed E-state index contributed by atoms with van der Waals surface area (Å²) in [4.78, 5) is 13.9. The summed E-state index contributed by atoms with van der Waals surface area (Å²) in [6.07, 6.45) is 3.63. The van der Waals surface area contributed by atoms with E-state index in [0.717, 1.165) is 11.0 Å². The SMILES string of the molecule is O=C(c1cc(F)cc(Cl)c1)N1CC(Cn2cc(Br)cn2)C1. The van der Waals surface area contributed by atoms with Gasteiger partial charge in [-0.1, -0.05) is 11.6 Å². The van der Waals surface area contributed by atoms with Gasteiger partial charge in [-0.15, -0.1) is 0 Å². The van der Waals surface area contributed by atoms with E-state index in [0.29, 0.717) is 24.6 Å². The number of rotatable bonds is 3. The van der Waals surface area contributed by atoms with Crippen LogP contribution in [0.4, 0.5) is 4.39 Å². The maximum Gasteiger partial charge on any atom is 0.254 e. The molecule has 0 radical (unpaired) electrons. The van der Waals surface area contributed by atoms with E-state index in [9.17, 15) is 9.18 Å². The van der Waals surface area contributed by atoms with Gasteiger partial charge in [0.25, 0.3) is 5.91 Å². The van der Waals surface area contributed by atoms with E-state index in [4.69, 9.17) is 11.6 Å². The number of likely N-dealkylation sites (tertiary alicyclic amines) is 1. The Morgan fingerprint density at radius 1 is 1.43 bits per heavy atom. The van der Waals surface area contributed by atoms with Gasteiger partial charge in [-0.2, -0.15) is 5.10 Å². The molecule has 1 aliphatic rings. The minimum Gasteiger partial charge on any atom is -0.338 e. The van der Waals surface area contributed by atoms with Gasteiger partial charge in [0.2, 0.25) is 0 Å². The zero-order valence-electron chi connectivity index (χ0n) is 11.0. The van der Waals surface area contributed by atoms with Crippen molar-refractivity contribution in [1.29, 1.82) is 0 Å². The second-order valence-corrected chi connectivity index (χ2v) is 6.47. The number of amides is 1. The van der Waals surface area contributed by atoms with Crippen molar-refractivity contribution in [3.8, 4) is 0 Å². The number of hydrogen-bond donors (Lipinski definition) is 0. The molecule has 0 bridgehead atoms. The van der Waals surface area contributed by atoms with Crippen LogP contribution in [-0.2, 0) is 6.54 Å². The molecule has 0 N–H and O–H groups in total. The molecule has 4 nitrogen and oxygen atoms in total. The fourth-order valence-electron chi connectivity index (χ4n) is 2.41. The molecule has 1 saturated heterocycles. The van der Waals surface area contributed by atoms with Crippen LogP contribution >= 0.6 is 27.5 Å². The summed E-state index contributed by atoms with van der Waals surface area (Å²) in [7, 11) is 0. The zero-order chi connectivity index (χ0) is 15.0. The second kappa shape index (κ2) is 5.77. The van der Waals surface area contributed by atoms with Gasteiger partial charge >= 0.3 is 0 Å². The Labute approximate surface area is 134 Å². The van der Waals surface area contributed by atoms with E-state index in [-0.39, 0.29) is 10.9 Å². The van der Waals surface area contributed by atoms with Gasteiger partial charge in [-0.3, -0.25) is 9.48 Å². The van der Waals surface area contributed by atoms with Crippen LogP contribution in [0.2, 0.25) is 5.02 Å². The van der Waals surface area contributed by atoms with Crippen molar-refractivity contribution in [3.05, 3.63) is 51.5 Å². The van der Waals surface area contributed by atoms with Gasteiger partial charge in [0.1, 0.15) is 5.82 Å². The molecule has 0 atom stereocenters. The fraction of sp³-hybridized carbons (Fsp3) is 0.286. The van der Waals surface area contributed by atoms with Crippen LogP contribution in [0.15, 0.2) is 35.1 Å². The Balaban J connectivity index is 1.59. The molecule has 3 rings (SSSR count). The zero-order valence-corrected chi connectivity index (χ0v) is 13.3. The molecule has 2 aromatic rings. The van der Waals surface area contributed by atoms with Gasteiger partial charge in [0.05, 0.1) is 10.7 Å². The molecule has 21 heavy (non-hydrogen) atoms. The van der Waals surface area contributed by atoms with Crippen LogP contribution in [0.5, 0.6) is 0 Å². The first-order valence-corrected chi connectivity index (χ1v) is 7.61. The lowest BCUT2D eigenvalue weighted by atomic mass is 9.99. The van der Waals surface area contributed by atoms with Crippen molar-refractivity contribution in [2.75, 3.05) is 13.1 Å². The van der Waals surface area contributed by atoms with Gasteiger partial charge in [-0.05, 0) is 34.1 Å². The summed E-state index contributed by atoms with van der Waals surface area (Å²) in [5.74, 6) is -0.316. The third kappa shape index (κ3) is 3.27. The van der Waals surface area contributed by atoms with Crippen LogP contribution in [0.3, 0.4) is 0 Å². The standard InChI is InChI=1S/C14H12BrClFN3O/c15-11-4-18-20(8-11)7-9-5-19(6-9)14(21)10-1-12(16)3-13(17)2-10/h1-4,8-9H,5-7H2. The first-order valence-electron chi connectivity index (χ1n) is 6.44. The average Bonchev–Trinajstić information content (AvgIpc) is 2.77. The molecule has 110 valence electrons. The number of aromatic nitrogens is 2. The lowest BCUT2D eigenvalue weighted by Crippen LogP contribution is -2.51. The van der Waals surface area contributed by atoms with Gasteiger partial charge in [0, 0.05) is 42.3 Å². The van der Waals surface area contributed by atoms with Gasteiger partial charge in [0.15, 0.2) is 0 Å². The highest BCUT2D eigenvalue weighted by molar-refractivity contribution is 9.10. The first-order chi connectivity index (χ1) is 10.0. The molecule has 1 aromatic carbocycles. The summed E-state index contributed by atoms with van der Waals surface area (Å²) in [6, 6.07) is 3.89. The van der Waals surface area contributed by atoms with Crippen LogP contribution < -0.4 is 0 Å². The van der Waals surface area contributed by atoms with E-state index >= 15 is 0 Å². The van der Waals surface area contributed by atoms with Crippen LogP contribution in [0, 0.1) is 11.7 Å². The number of hydrogen-bond acceptors (Lipinski definition) is 2. The molecule has 1 amide bonds. The molecule has 7 heteroatoms. The quantitative estimate of drug-likeness (QED) is 0.830. The predicted molar refractivity (Wildman–Crippen MR) is 80.7 cm³/mol. The lowest BCUT2D eigenvalue weighted by Gasteiger charge is -2.39. The van der Waals surface area contributed by atoms with E-state index in [1.165, 1.54) is 18.2 Å². The summed E-state index contributed by atoms with van der Waals surface area (Å²) in [5.41, 5.74) is 0.292. The van der Waals surface area contributed by atoms with Crippen molar-refractivity contribution in [2.45, 2.75) is 6.54 Å². The Bertz CT molecular complexity index is 664. The molecule has 1 aromatic heterocycles. The van der Waals surface area contributed by atoms with E-state index in [1.807, 2.05) is 10.9 Å². The van der Waals surface area contributed by atoms with Crippen molar-refractivity contribution >= 4 is 33.4 Å². The molecule has 0 spiro atoms. The second-order valence-electron chi connectivity index (χ2n) is 5.11. The number of benzene rings is 1. The van der Waals surface area contributed by atoms with Gasteiger partial charge < -0.3 is 4.90 Å². The Morgan fingerprint density at radius 2 is 2.19 bits per heavy atom. The highest BCUT2D eigenvalue weighted by atomic mass is 79.9. The first kappa shape index (κ1) is 14.5. The lowest BCUT2D eigenvalue weighted by molar-refractivity contribution is 0.0461. The minimum atomic E-state index is -0.496. The van der Waals surface area contributed by atoms with Crippen molar-refractivity contribution in [2.24, 2.45) is 5.92 Å². The monoisotopic (exact) mass is 371 g/mol. The summed E-state index contributed by atoms with van der Waals surface area (Å²) in [6.45, 7) is 2.05. The molecular formula is C14H12BrClFN3O. The third-order valence-corrected chi connectivity index (χ3v) is 4.03. The predicted octanol–water partition coefficient (Wildman–Crippen LogP) is 3.21. The van der Waals surface area contributed by atoms with E-state index in [1.54, 1.807) is 11.1 Å². The maximum absolute atomic E-state index is 13.3. The molecule has 0 saturated carbocycles. The largest absolute Gasteiger partial charge is 0.338 e. The number of carbonyl (C=O) groups is 1. The fourth-order valence-corrected chi connectivity index (χ4v) is 2.96. The molecule has 0 unspecified atom stereocenters. The normalized spacial score (nSPS) is 15.1. The Morgan fingerprint density at radius 3 is 2.81 bits per heavy atom. The highest BCUT2D eigenvalue weighted by Crippen LogP contribution is 2.22. The number of halogens is 3. The summed E-state index contributed by atoms with van der Waals surface area (Å²) in [5, 5.41) is 4.42. The smallest absolute Gasteiger partial charge is 0.254 e.